The Morgan fingerprint density at radius 1 is 1.18 bits per heavy atom. The first-order valence-corrected chi connectivity index (χ1v) is 3.63. The minimum Gasteiger partial charge on any atom is -0.395 e. The number of aliphatic hydroxyl groups is 3. The van der Waals surface area contributed by atoms with E-state index in [1.807, 2.05) is 0 Å². The maximum atomic E-state index is 9.26. The highest BCUT2D eigenvalue weighted by Crippen LogP contribution is 2.12. The van der Waals surface area contributed by atoms with E-state index in [0.29, 0.717) is 0 Å². The van der Waals surface area contributed by atoms with Crippen LogP contribution in [0.2, 0.25) is 0 Å². The molecule has 1 fully saturated rings. The number of nitrogens with one attached hydrogen (secondary N) is 1. The Kier molecular flexibility index (Phi) is 2.80. The molecular formula is C6H14N2O3. The van der Waals surface area contributed by atoms with Crippen molar-refractivity contribution in [2.75, 3.05) is 13.2 Å². The van der Waals surface area contributed by atoms with Gasteiger partial charge in [0.05, 0.1) is 24.9 Å². The van der Waals surface area contributed by atoms with E-state index in [2.05, 4.69) is 5.32 Å². The smallest absolute Gasteiger partial charge is 0.0989 e. The summed E-state index contributed by atoms with van der Waals surface area (Å²) in [6.45, 7) is 0.0729. The monoisotopic (exact) mass is 162 g/mol. The van der Waals surface area contributed by atoms with E-state index in [1.54, 1.807) is 0 Å². The first-order valence-electron chi connectivity index (χ1n) is 3.63. The van der Waals surface area contributed by atoms with Crippen molar-refractivity contribution in [2.24, 2.45) is 5.73 Å². The van der Waals surface area contributed by atoms with Gasteiger partial charge in [0.2, 0.25) is 0 Å². The molecule has 5 heteroatoms. The average molecular weight is 162 g/mol. The van der Waals surface area contributed by atoms with Crippen LogP contribution in [0.4, 0.5) is 0 Å². The lowest BCUT2D eigenvalue weighted by molar-refractivity contribution is 0.0205. The van der Waals surface area contributed by atoms with E-state index < -0.39 is 18.2 Å². The molecule has 66 valence electrons. The Morgan fingerprint density at radius 3 is 2.00 bits per heavy atom. The van der Waals surface area contributed by atoms with Crippen LogP contribution in [0.15, 0.2) is 0 Å². The predicted molar refractivity (Wildman–Crippen MR) is 38.9 cm³/mol. The van der Waals surface area contributed by atoms with Gasteiger partial charge in [0.1, 0.15) is 0 Å². The van der Waals surface area contributed by atoms with Gasteiger partial charge < -0.3 is 26.4 Å². The third kappa shape index (κ3) is 1.52. The van der Waals surface area contributed by atoms with E-state index >= 15 is 0 Å². The molecule has 5 nitrogen and oxygen atoms in total. The van der Waals surface area contributed by atoms with Gasteiger partial charge in [-0.2, -0.15) is 0 Å². The highest BCUT2D eigenvalue weighted by Gasteiger charge is 2.39. The van der Waals surface area contributed by atoms with Crippen LogP contribution in [-0.2, 0) is 0 Å². The fraction of sp³-hybridized carbons (Fsp3) is 1.00. The molecule has 0 aromatic rings. The molecular weight excluding hydrogens is 148 g/mol. The van der Waals surface area contributed by atoms with Gasteiger partial charge in [-0.1, -0.05) is 0 Å². The number of aliphatic hydroxyl groups excluding tert-OH is 3. The van der Waals surface area contributed by atoms with Gasteiger partial charge in [-0.25, -0.2) is 0 Å². The van der Waals surface area contributed by atoms with Gasteiger partial charge in [0.15, 0.2) is 0 Å². The molecule has 0 radical (unpaired) electrons. The van der Waals surface area contributed by atoms with Crippen LogP contribution < -0.4 is 11.1 Å². The largest absolute Gasteiger partial charge is 0.395 e. The van der Waals surface area contributed by atoms with E-state index in [1.165, 1.54) is 0 Å². The SMILES string of the molecule is NC[C@H]1N[C@H](CO)C(O)[C@@H]1O. The average Bonchev–Trinajstić information content (AvgIpc) is 2.30. The standard InChI is InChI=1S/C6H14N2O3/c7-1-3-5(10)6(11)4(2-9)8-3/h3-6,8-11H,1-2,7H2/t3-,4-,5-,6?/m1/s1. The van der Waals surface area contributed by atoms with E-state index in [4.69, 9.17) is 10.8 Å². The summed E-state index contributed by atoms with van der Waals surface area (Å²) in [5, 5.41) is 30.0. The predicted octanol–water partition coefficient (Wildman–Crippen LogP) is -3.00. The Labute approximate surface area is 64.8 Å². The molecule has 0 aromatic heterocycles. The van der Waals surface area contributed by atoms with Gasteiger partial charge in [-0.15, -0.1) is 0 Å². The molecule has 1 aliphatic rings. The molecule has 1 aliphatic heterocycles. The van der Waals surface area contributed by atoms with Crippen LogP contribution in [0.3, 0.4) is 0 Å². The summed E-state index contributed by atoms with van der Waals surface area (Å²) in [5.74, 6) is 0. The highest BCUT2D eigenvalue weighted by molar-refractivity contribution is 4.98. The second kappa shape index (κ2) is 3.46. The zero-order valence-corrected chi connectivity index (χ0v) is 6.14. The minimum atomic E-state index is -0.909. The summed E-state index contributed by atoms with van der Waals surface area (Å²) in [7, 11) is 0. The van der Waals surface area contributed by atoms with Gasteiger partial charge in [0, 0.05) is 12.6 Å². The van der Waals surface area contributed by atoms with Crippen molar-refractivity contribution in [1.29, 1.82) is 0 Å². The van der Waals surface area contributed by atoms with Crippen molar-refractivity contribution >= 4 is 0 Å². The van der Waals surface area contributed by atoms with Crippen molar-refractivity contribution in [3.8, 4) is 0 Å². The number of rotatable bonds is 2. The summed E-state index contributed by atoms with van der Waals surface area (Å²) in [6, 6.07) is -0.749. The van der Waals surface area contributed by atoms with Crippen LogP contribution in [0.25, 0.3) is 0 Å². The van der Waals surface area contributed by atoms with Gasteiger partial charge in [-0.05, 0) is 0 Å². The van der Waals surface area contributed by atoms with Gasteiger partial charge in [0.25, 0.3) is 0 Å². The Bertz CT molecular complexity index is 115. The first kappa shape index (κ1) is 8.89. The fourth-order valence-electron chi connectivity index (χ4n) is 1.32. The second-order valence-corrected chi connectivity index (χ2v) is 2.78. The molecule has 11 heavy (non-hydrogen) atoms. The number of hydrogen-bond acceptors (Lipinski definition) is 5. The number of nitrogens with two attached hydrogens (primary N) is 1. The molecule has 1 saturated heterocycles. The highest BCUT2D eigenvalue weighted by atomic mass is 16.3. The first-order chi connectivity index (χ1) is 5.20. The van der Waals surface area contributed by atoms with E-state index in [0.717, 1.165) is 0 Å². The lowest BCUT2D eigenvalue weighted by Gasteiger charge is -2.12. The zero-order valence-electron chi connectivity index (χ0n) is 6.14. The zero-order chi connectivity index (χ0) is 8.43. The number of hydrogen-bond donors (Lipinski definition) is 5. The van der Waals surface area contributed by atoms with Crippen LogP contribution in [0.1, 0.15) is 0 Å². The van der Waals surface area contributed by atoms with Crippen molar-refractivity contribution in [2.45, 2.75) is 24.3 Å². The van der Waals surface area contributed by atoms with Gasteiger partial charge >= 0.3 is 0 Å². The molecule has 6 N–H and O–H groups in total. The second-order valence-electron chi connectivity index (χ2n) is 2.78. The molecule has 1 heterocycles. The molecule has 0 aromatic carbocycles. The summed E-state index contributed by atoms with van der Waals surface area (Å²) in [6.07, 6.45) is -1.77. The molecule has 1 rings (SSSR count). The van der Waals surface area contributed by atoms with Crippen LogP contribution >= 0.6 is 0 Å². The summed E-state index contributed by atoms with van der Waals surface area (Å²) >= 11 is 0. The molecule has 0 bridgehead atoms. The topological polar surface area (TPSA) is 98.7 Å². The van der Waals surface area contributed by atoms with E-state index in [-0.39, 0.29) is 19.2 Å². The van der Waals surface area contributed by atoms with Crippen molar-refractivity contribution in [1.82, 2.24) is 5.32 Å². The molecule has 0 aliphatic carbocycles. The maximum Gasteiger partial charge on any atom is 0.0989 e. The van der Waals surface area contributed by atoms with Crippen molar-refractivity contribution < 1.29 is 15.3 Å². The quantitative estimate of drug-likeness (QED) is 0.298. The molecule has 0 spiro atoms. The van der Waals surface area contributed by atoms with E-state index in [9.17, 15) is 10.2 Å². The van der Waals surface area contributed by atoms with Gasteiger partial charge in [-0.3, -0.25) is 0 Å². The fourth-order valence-corrected chi connectivity index (χ4v) is 1.32. The summed E-state index contributed by atoms with van der Waals surface area (Å²) in [4.78, 5) is 0. The normalized spacial score (nSPS) is 44.7. The maximum absolute atomic E-state index is 9.26. The molecule has 4 atom stereocenters. The van der Waals surface area contributed by atoms with Crippen LogP contribution in [-0.4, -0.2) is 52.8 Å². The summed E-state index contributed by atoms with van der Waals surface area (Å²) in [5.41, 5.74) is 5.29. The Morgan fingerprint density at radius 2 is 1.73 bits per heavy atom. The molecule has 1 unspecified atom stereocenters. The lowest BCUT2D eigenvalue weighted by Crippen LogP contribution is -2.40. The minimum absolute atomic E-state index is 0.186. The third-order valence-electron chi connectivity index (χ3n) is 2.05. The molecule has 0 saturated carbocycles. The van der Waals surface area contributed by atoms with Crippen molar-refractivity contribution in [3.05, 3.63) is 0 Å². The lowest BCUT2D eigenvalue weighted by atomic mass is 10.1. The van der Waals surface area contributed by atoms with Crippen LogP contribution in [0, 0.1) is 0 Å². The third-order valence-corrected chi connectivity index (χ3v) is 2.05. The summed E-state index contributed by atoms with van der Waals surface area (Å²) < 4.78 is 0. The molecule has 0 amide bonds. The van der Waals surface area contributed by atoms with Crippen LogP contribution in [0.5, 0.6) is 0 Å². The van der Waals surface area contributed by atoms with Crippen molar-refractivity contribution in [3.63, 3.8) is 0 Å². The Hall–Kier alpha value is -0.200. The Balaban J connectivity index is 2.53.